The van der Waals surface area contributed by atoms with E-state index in [1.54, 1.807) is 0 Å². The van der Waals surface area contributed by atoms with Gasteiger partial charge in [0, 0.05) is 6.61 Å². The third kappa shape index (κ3) is 2.22. The lowest BCUT2D eigenvalue weighted by Crippen LogP contribution is -2.25. The smallest absolute Gasteiger partial charge is 0.0833 e. The average molecular weight is 167 g/mol. The largest absolute Gasteiger partial charge is 0.380 e. The summed E-state index contributed by atoms with van der Waals surface area (Å²) in [7, 11) is 0. The summed E-state index contributed by atoms with van der Waals surface area (Å²) in [6, 6.07) is 2.41. The van der Waals surface area contributed by atoms with Crippen molar-refractivity contribution in [2.75, 3.05) is 13.2 Å². The lowest BCUT2D eigenvalue weighted by atomic mass is 9.74. The van der Waals surface area contributed by atoms with E-state index in [1.807, 2.05) is 0 Å². The maximum absolute atomic E-state index is 9.05. The fourth-order valence-corrected chi connectivity index (χ4v) is 1.89. The Bertz CT molecular complexity index is 191. The van der Waals surface area contributed by atoms with Gasteiger partial charge < -0.3 is 4.74 Å². The Hall–Kier alpha value is -0.550. The van der Waals surface area contributed by atoms with E-state index in [2.05, 4.69) is 26.8 Å². The highest BCUT2D eigenvalue weighted by Crippen LogP contribution is 2.39. The molecule has 1 heterocycles. The van der Waals surface area contributed by atoms with Gasteiger partial charge in [0.05, 0.1) is 18.1 Å². The first kappa shape index (κ1) is 9.54. The van der Waals surface area contributed by atoms with Gasteiger partial charge in [-0.1, -0.05) is 20.8 Å². The Morgan fingerprint density at radius 3 is 2.50 bits per heavy atom. The van der Waals surface area contributed by atoms with Crippen LogP contribution >= 0.6 is 0 Å². The molecule has 12 heavy (non-hydrogen) atoms. The quantitative estimate of drug-likeness (QED) is 0.600. The van der Waals surface area contributed by atoms with Crippen molar-refractivity contribution in [3.8, 4) is 6.07 Å². The van der Waals surface area contributed by atoms with Gasteiger partial charge in [-0.05, 0) is 18.3 Å². The summed E-state index contributed by atoms with van der Waals surface area (Å²) in [5, 5.41) is 9.05. The molecule has 0 aromatic heterocycles. The zero-order valence-electron chi connectivity index (χ0n) is 8.18. The molecule has 2 nitrogen and oxygen atoms in total. The molecule has 0 bridgehead atoms. The van der Waals surface area contributed by atoms with Crippen LogP contribution in [0.1, 0.15) is 33.6 Å². The van der Waals surface area contributed by atoms with Crippen molar-refractivity contribution in [3.05, 3.63) is 0 Å². The summed E-state index contributed by atoms with van der Waals surface area (Å²) in [6.45, 7) is 7.89. The van der Waals surface area contributed by atoms with Crippen molar-refractivity contribution in [3.63, 3.8) is 0 Å². The standard InChI is InChI=1S/C10H17NO/c1-9(2,3)6-10(7-11)4-5-12-8-10/h4-6,8H2,1-3H3. The van der Waals surface area contributed by atoms with Gasteiger partial charge in [-0.2, -0.15) is 5.26 Å². The van der Waals surface area contributed by atoms with E-state index < -0.39 is 0 Å². The molecule has 1 aliphatic rings. The minimum Gasteiger partial charge on any atom is -0.380 e. The van der Waals surface area contributed by atoms with Crippen molar-refractivity contribution >= 4 is 0 Å². The molecule has 0 aliphatic carbocycles. The van der Waals surface area contributed by atoms with E-state index in [0.717, 1.165) is 19.4 Å². The molecule has 1 fully saturated rings. The van der Waals surface area contributed by atoms with Gasteiger partial charge in [0.25, 0.3) is 0 Å². The van der Waals surface area contributed by atoms with Crippen molar-refractivity contribution in [2.45, 2.75) is 33.6 Å². The summed E-state index contributed by atoms with van der Waals surface area (Å²) in [5.74, 6) is 0. The number of hydrogen-bond donors (Lipinski definition) is 0. The summed E-state index contributed by atoms with van der Waals surface area (Å²) in [6.07, 6.45) is 1.84. The van der Waals surface area contributed by atoms with Crippen LogP contribution in [0.25, 0.3) is 0 Å². The Labute approximate surface area is 74.5 Å². The van der Waals surface area contributed by atoms with Crippen molar-refractivity contribution in [1.29, 1.82) is 5.26 Å². The van der Waals surface area contributed by atoms with Crippen LogP contribution in [0.4, 0.5) is 0 Å². The fourth-order valence-electron chi connectivity index (χ4n) is 1.89. The van der Waals surface area contributed by atoms with Gasteiger partial charge in [0.1, 0.15) is 0 Å². The second-order valence-corrected chi connectivity index (χ2v) is 4.93. The van der Waals surface area contributed by atoms with Gasteiger partial charge in [-0.15, -0.1) is 0 Å². The molecule has 0 aromatic rings. The maximum atomic E-state index is 9.05. The minimum atomic E-state index is -0.196. The Kier molecular flexibility index (Phi) is 2.44. The normalized spacial score (nSPS) is 30.2. The van der Waals surface area contributed by atoms with Gasteiger partial charge in [-0.3, -0.25) is 0 Å². The zero-order chi connectivity index (χ0) is 9.24. The van der Waals surface area contributed by atoms with Crippen LogP contribution in [0.2, 0.25) is 0 Å². The molecule has 1 unspecified atom stereocenters. The predicted octanol–water partition coefficient (Wildman–Crippen LogP) is 2.35. The maximum Gasteiger partial charge on any atom is 0.0833 e. The topological polar surface area (TPSA) is 33.0 Å². The summed E-state index contributed by atoms with van der Waals surface area (Å²) >= 11 is 0. The zero-order valence-corrected chi connectivity index (χ0v) is 8.18. The monoisotopic (exact) mass is 167 g/mol. The summed E-state index contributed by atoms with van der Waals surface area (Å²) < 4.78 is 5.27. The predicted molar refractivity (Wildman–Crippen MR) is 47.6 cm³/mol. The first-order valence-corrected chi connectivity index (χ1v) is 4.47. The molecule has 1 atom stereocenters. The highest BCUT2D eigenvalue weighted by molar-refractivity contribution is 5.03. The molecular weight excluding hydrogens is 150 g/mol. The van der Waals surface area contributed by atoms with E-state index >= 15 is 0 Å². The second-order valence-electron chi connectivity index (χ2n) is 4.93. The van der Waals surface area contributed by atoms with Gasteiger partial charge in [0.2, 0.25) is 0 Å². The van der Waals surface area contributed by atoms with Crippen LogP contribution in [0.3, 0.4) is 0 Å². The lowest BCUT2D eigenvalue weighted by molar-refractivity contribution is 0.149. The molecule has 1 aliphatic heterocycles. The Morgan fingerprint density at radius 2 is 2.17 bits per heavy atom. The number of nitriles is 1. The molecule has 0 aromatic carbocycles. The molecule has 0 N–H and O–H groups in total. The van der Waals surface area contributed by atoms with Crippen LogP contribution in [0.5, 0.6) is 0 Å². The second kappa shape index (κ2) is 3.06. The molecule has 68 valence electrons. The van der Waals surface area contributed by atoms with Crippen LogP contribution in [-0.2, 0) is 4.74 Å². The van der Waals surface area contributed by atoms with Crippen LogP contribution in [-0.4, -0.2) is 13.2 Å². The first-order chi connectivity index (χ1) is 5.47. The van der Waals surface area contributed by atoms with Gasteiger partial charge in [0.15, 0.2) is 0 Å². The van der Waals surface area contributed by atoms with Crippen LogP contribution in [0.15, 0.2) is 0 Å². The lowest BCUT2D eigenvalue weighted by Gasteiger charge is -2.27. The first-order valence-electron chi connectivity index (χ1n) is 4.47. The summed E-state index contributed by atoms with van der Waals surface area (Å²) in [5.41, 5.74) is 0.0294. The molecule has 0 saturated carbocycles. The molecule has 2 heteroatoms. The minimum absolute atomic E-state index is 0.196. The van der Waals surface area contributed by atoms with Crippen LogP contribution < -0.4 is 0 Å². The van der Waals surface area contributed by atoms with Gasteiger partial charge >= 0.3 is 0 Å². The molecule has 1 saturated heterocycles. The fraction of sp³-hybridized carbons (Fsp3) is 0.900. The molecule has 0 amide bonds. The van der Waals surface area contributed by atoms with Crippen molar-refractivity contribution in [2.24, 2.45) is 10.8 Å². The Morgan fingerprint density at radius 1 is 1.50 bits per heavy atom. The molecule has 0 spiro atoms. The Balaban J connectivity index is 2.64. The van der Waals surface area contributed by atoms with Gasteiger partial charge in [-0.25, -0.2) is 0 Å². The molecule has 1 rings (SSSR count). The highest BCUT2D eigenvalue weighted by atomic mass is 16.5. The number of ether oxygens (including phenoxy) is 1. The van der Waals surface area contributed by atoms with E-state index in [0.29, 0.717) is 6.61 Å². The van der Waals surface area contributed by atoms with Crippen LogP contribution in [0, 0.1) is 22.2 Å². The highest BCUT2D eigenvalue weighted by Gasteiger charge is 2.38. The third-order valence-electron chi connectivity index (χ3n) is 2.21. The molecular formula is C10H17NO. The van der Waals surface area contributed by atoms with E-state index in [9.17, 15) is 0 Å². The number of nitrogens with zero attached hydrogens (tertiary/aromatic N) is 1. The van der Waals surface area contributed by atoms with Crippen molar-refractivity contribution in [1.82, 2.24) is 0 Å². The number of hydrogen-bond acceptors (Lipinski definition) is 2. The van der Waals surface area contributed by atoms with E-state index in [1.165, 1.54) is 0 Å². The number of rotatable bonds is 1. The van der Waals surface area contributed by atoms with Crippen molar-refractivity contribution < 1.29 is 4.74 Å². The third-order valence-corrected chi connectivity index (χ3v) is 2.21. The van der Waals surface area contributed by atoms with E-state index in [-0.39, 0.29) is 10.8 Å². The molecule has 0 radical (unpaired) electrons. The van der Waals surface area contributed by atoms with E-state index in [4.69, 9.17) is 10.00 Å². The summed E-state index contributed by atoms with van der Waals surface area (Å²) in [4.78, 5) is 0. The average Bonchev–Trinajstić information content (AvgIpc) is 2.34. The SMILES string of the molecule is CC(C)(C)CC1(C#N)CCOC1.